The lowest BCUT2D eigenvalue weighted by Gasteiger charge is -2.24. The summed E-state index contributed by atoms with van der Waals surface area (Å²) in [7, 11) is 1.24. The molecule has 0 aliphatic carbocycles. The van der Waals surface area contributed by atoms with Crippen molar-refractivity contribution in [2.24, 2.45) is 0 Å². The lowest BCUT2D eigenvalue weighted by molar-refractivity contribution is -0.143. The third-order valence-corrected chi connectivity index (χ3v) is 5.98. The molecule has 220 valence electrons. The fourth-order valence-electron chi connectivity index (χ4n) is 4.03. The predicted octanol–water partition coefficient (Wildman–Crippen LogP) is 8.30. The first-order chi connectivity index (χ1) is 18.8. The largest absolute Gasteiger partial charge is 0.496 e. The van der Waals surface area contributed by atoms with Gasteiger partial charge in [0.1, 0.15) is 5.75 Å². The van der Waals surface area contributed by atoms with Crippen molar-refractivity contribution in [3.8, 4) is 16.9 Å². The first kappa shape index (κ1) is 31.3. The van der Waals surface area contributed by atoms with Crippen LogP contribution in [-0.2, 0) is 31.6 Å². The summed E-state index contributed by atoms with van der Waals surface area (Å²) in [5, 5.41) is 9.75. The Balaban J connectivity index is 2.17. The highest BCUT2D eigenvalue weighted by atomic mass is 19.4. The van der Waals surface area contributed by atoms with Crippen LogP contribution in [0.25, 0.3) is 11.1 Å². The Labute approximate surface area is 226 Å². The number of carbonyl (C=O) groups is 2. The summed E-state index contributed by atoms with van der Waals surface area (Å²) < 4.78 is 126. The Morgan fingerprint density at radius 1 is 0.732 bits per heavy atom. The molecular weight excluding hydrogens is 573 g/mol. The monoisotopic (exact) mass is 593 g/mol. The van der Waals surface area contributed by atoms with Gasteiger partial charge in [-0.05, 0) is 72.1 Å². The van der Waals surface area contributed by atoms with E-state index in [1.165, 1.54) is 32.2 Å². The molecule has 41 heavy (non-hydrogen) atoms. The van der Waals surface area contributed by atoms with Crippen LogP contribution >= 0.6 is 0 Å². The summed E-state index contributed by atoms with van der Waals surface area (Å²) in [5.41, 5.74) is -5.32. The predicted molar refractivity (Wildman–Crippen MR) is 127 cm³/mol. The van der Waals surface area contributed by atoms with E-state index in [2.05, 4.69) is 0 Å². The van der Waals surface area contributed by atoms with Crippen LogP contribution in [0.4, 0.5) is 44.3 Å². The molecule has 0 aromatic heterocycles. The number of methoxy groups -OCH3 is 1. The molecule has 0 heterocycles. The van der Waals surface area contributed by atoms with E-state index in [0.717, 1.165) is 6.07 Å². The number of ketones is 1. The molecule has 0 saturated carbocycles. The maximum absolute atomic E-state index is 13.6. The van der Waals surface area contributed by atoms with Crippen molar-refractivity contribution >= 4 is 11.9 Å². The lowest BCUT2D eigenvalue weighted by Crippen LogP contribution is -2.29. The SMILES string of the molecule is COc1ccc(C(C)=O)cc1-c1ccc(C(F)(F)F)cc1CN(Cc1cc(C(F)(F)F)cc(C(F)(F)F)c1)C(=O)O. The van der Waals surface area contributed by atoms with E-state index in [4.69, 9.17) is 4.74 Å². The van der Waals surface area contributed by atoms with E-state index in [0.29, 0.717) is 29.2 Å². The average molecular weight is 593 g/mol. The molecule has 0 fully saturated rings. The smallest absolute Gasteiger partial charge is 0.416 e. The van der Waals surface area contributed by atoms with Gasteiger partial charge in [0.05, 0.1) is 23.8 Å². The normalized spacial score (nSPS) is 12.3. The van der Waals surface area contributed by atoms with Crippen LogP contribution in [0.2, 0.25) is 0 Å². The molecule has 0 aliphatic heterocycles. The molecule has 0 radical (unpaired) electrons. The average Bonchev–Trinajstić information content (AvgIpc) is 2.86. The molecule has 1 amide bonds. The molecule has 14 heteroatoms. The number of benzene rings is 3. The van der Waals surface area contributed by atoms with Crippen molar-refractivity contribution in [1.82, 2.24) is 4.90 Å². The fourth-order valence-corrected chi connectivity index (χ4v) is 4.03. The third-order valence-electron chi connectivity index (χ3n) is 5.98. The van der Waals surface area contributed by atoms with Crippen LogP contribution in [0, 0.1) is 0 Å². The summed E-state index contributed by atoms with van der Waals surface area (Å²) in [6.07, 6.45) is -17.1. The van der Waals surface area contributed by atoms with Crippen molar-refractivity contribution in [2.75, 3.05) is 7.11 Å². The molecule has 0 aliphatic rings. The van der Waals surface area contributed by atoms with Crippen LogP contribution in [-0.4, -0.2) is 29.0 Å². The first-order valence-electron chi connectivity index (χ1n) is 11.5. The Morgan fingerprint density at radius 2 is 1.29 bits per heavy atom. The molecule has 5 nitrogen and oxygen atoms in total. The number of hydrogen-bond acceptors (Lipinski definition) is 3. The number of Topliss-reactive ketones (excluding diaryl/α,β-unsaturated/α-hetero) is 1. The molecule has 0 spiro atoms. The minimum Gasteiger partial charge on any atom is -0.496 e. The standard InChI is InChI=1S/C27H20F9NO4/c1-14(38)16-3-6-23(41-2)22(10-16)21-5-4-18(25(28,29)30)9-17(21)13-37(24(39)40)12-15-7-19(26(31,32)33)11-20(8-15)27(34,35)36/h3-11H,12-13H2,1-2H3,(H,39,40). The zero-order valence-corrected chi connectivity index (χ0v) is 21.1. The van der Waals surface area contributed by atoms with Crippen LogP contribution in [0.3, 0.4) is 0 Å². The summed E-state index contributed by atoms with van der Waals surface area (Å²) in [4.78, 5) is 24.4. The third kappa shape index (κ3) is 7.50. The first-order valence-corrected chi connectivity index (χ1v) is 11.5. The van der Waals surface area contributed by atoms with E-state index in [1.54, 1.807) is 0 Å². The van der Waals surface area contributed by atoms with Gasteiger partial charge in [-0.1, -0.05) is 6.07 Å². The number of nitrogens with zero attached hydrogens (tertiary/aromatic N) is 1. The van der Waals surface area contributed by atoms with E-state index >= 15 is 0 Å². The van der Waals surface area contributed by atoms with E-state index in [1.807, 2.05) is 0 Å². The van der Waals surface area contributed by atoms with Gasteiger partial charge in [-0.25, -0.2) is 4.79 Å². The Morgan fingerprint density at radius 3 is 1.76 bits per heavy atom. The molecular formula is C27H20F9NO4. The van der Waals surface area contributed by atoms with Gasteiger partial charge in [0.15, 0.2) is 5.78 Å². The van der Waals surface area contributed by atoms with Crippen molar-refractivity contribution in [1.29, 1.82) is 0 Å². The molecule has 3 rings (SSSR count). The molecule has 0 atom stereocenters. The van der Waals surface area contributed by atoms with Gasteiger partial charge in [-0.15, -0.1) is 0 Å². The molecule has 3 aromatic rings. The van der Waals surface area contributed by atoms with Crippen LogP contribution in [0.5, 0.6) is 5.75 Å². The van der Waals surface area contributed by atoms with Gasteiger partial charge in [-0.3, -0.25) is 9.69 Å². The molecule has 0 bridgehead atoms. The summed E-state index contributed by atoms with van der Waals surface area (Å²) >= 11 is 0. The van der Waals surface area contributed by atoms with Gasteiger partial charge < -0.3 is 9.84 Å². The number of amides is 1. The maximum atomic E-state index is 13.6. The van der Waals surface area contributed by atoms with Gasteiger partial charge in [0.25, 0.3) is 0 Å². The van der Waals surface area contributed by atoms with Gasteiger partial charge in [-0.2, -0.15) is 39.5 Å². The van der Waals surface area contributed by atoms with Crippen LogP contribution in [0.1, 0.15) is 45.1 Å². The number of carbonyl (C=O) groups excluding carboxylic acids is 1. The van der Waals surface area contributed by atoms with Crippen LogP contribution in [0.15, 0.2) is 54.6 Å². The number of rotatable bonds is 7. The maximum Gasteiger partial charge on any atom is 0.416 e. The number of halogens is 9. The van der Waals surface area contributed by atoms with Crippen molar-refractivity contribution in [3.05, 3.63) is 88.0 Å². The highest BCUT2D eigenvalue weighted by Gasteiger charge is 2.37. The second-order valence-corrected chi connectivity index (χ2v) is 8.89. The number of ether oxygens (including phenoxy) is 1. The fraction of sp³-hybridized carbons (Fsp3) is 0.259. The van der Waals surface area contributed by atoms with Gasteiger partial charge >= 0.3 is 24.6 Å². The van der Waals surface area contributed by atoms with E-state index in [-0.39, 0.29) is 34.1 Å². The molecule has 1 N–H and O–H groups in total. The molecule has 0 unspecified atom stereocenters. The number of alkyl halides is 9. The van der Waals surface area contributed by atoms with Crippen LogP contribution < -0.4 is 4.74 Å². The minimum absolute atomic E-state index is 0.00998. The Hall–Kier alpha value is -4.23. The quantitative estimate of drug-likeness (QED) is 0.221. The van der Waals surface area contributed by atoms with Crippen molar-refractivity contribution < 1.29 is 58.9 Å². The topological polar surface area (TPSA) is 66.8 Å². The Kier molecular flexibility index (Phi) is 8.65. The summed E-state index contributed by atoms with van der Waals surface area (Å²) in [5.74, 6) is -0.301. The number of hydrogen-bond donors (Lipinski definition) is 1. The van der Waals surface area contributed by atoms with E-state index < -0.39 is 65.7 Å². The Bertz CT molecular complexity index is 1430. The second kappa shape index (κ2) is 11.3. The summed E-state index contributed by atoms with van der Waals surface area (Å²) in [6.45, 7) is -0.669. The van der Waals surface area contributed by atoms with Gasteiger partial charge in [0.2, 0.25) is 0 Å². The lowest BCUT2D eigenvalue weighted by atomic mass is 9.94. The van der Waals surface area contributed by atoms with E-state index in [9.17, 15) is 54.2 Å². The summed E-state index contributed by atoms with van der Waals surface area (Å²) in [6, 6.07) is 6.91. The molecule has 3 aromatic carbocycles. The number of carboxylic acid groups (broad SMARTS) is 1. The minimum atomic E-state index is -5.20. The second-order valence-electron chi connectivity index (χ2n) is 8.89. The zero-order chi connectivity index (χ0) is 30.9. The molecule has 0 saturated heterocycles. The van der Waals surface area contributed by atoms with Gasteiger partial charge in [0, 0.05) is 24.2 Å². The highest BCUT2D eigenvalue weighted by molar-refractivity contribution is 5.96. The zero-order valence-electron chi connectivity index (χ0n) is 21.1. The highest BCUT2D eigenvalue weighted by Crippen LogP contribution is 2.39. The van der Waals surface area contributed by atoms with Crippen molar-refractivity contribution in [3.63, 3.8) is 0 Å². The van der Waals surface area contributed by atoms with Crippen molar-refractivity contribution in [2.45, 2.75) is 38.5 Å².